The molecule has 1 atom stereocenters. The predicted molar refractivity (Wildman–Crippen MR) is 58.1 cm³/mol. The molecule has 1 rings (SSSR count). The first-order valence-electron chi connectivity index (χ1n) is 4.58. The van der Waals surface area contributed by atoms with Gasteiger partial charge in [0, 0.05) is 23.1 Å². The molecule has 2 N–H and O–H groups in total. The zero-order valence-electron chi connectivity index (χ0n) is 8.63. The van der Waals surface area contributed by atoms with Gasteiger partial charge < -0.3 is 10.2 Å². The Bertz CT molecular complexity index is 321. The van der Waals surface area contributed by atoms with Crippen molar-refractivity contribution in [2.24, 2.45) is 0 Å². The second-order valence-electron chi connectivity index (χ2n) is 3.65. The number of aliphatic hydroxyl groups is 1. The normalized spacial score (nSPS) is 12.9. The molecule has 0 saturated heterocycles. The van der Waals surface area contributed by atoms with Crippen LogP contribution in [0.25, 0.3) is 0 Å². The molecule has 1 aromatic rings. The first-order chi connectivity index (χ1) is 6.49. The molecule has 0 aliphatic rings. The highest BCUT2D eigenvalue weighted by molar-refractivity contribution is 6.31. The van der Waals surface area contributed by atoms with Gasteiger partial charge in [0.25, 0.3) is 0 Å². The van der Waals surface area contributed by atoms with Crippen molar-refractivity contribution >= 4 is 11.6 Å². The van der Waals surface area contributed by atoms with Gasteiger partial charge in [0.2, 0.25) is 0 Å². The van der Waals surface area contributed by atoms with Crippen LogP contribution in [0.4, 0.5) is 0 Å². The fourth-order valence-electron chi connectivity index (χ4n) is 1.58. The first kappa shape index (κ1) is 11.3. The number of aromatic hydroxyl groups is 1. The fraction of sp³-hybridized carbons (Fsp3) is 0.455. The van der Waals surface area contributed by atoms with E-state index in [2.05, 4.69) is 0 Å². The Balaban J connectivity index is 3.39. The molecule has 0 bridgehead atoms. The summed E-state index contributed by atoms with van der Waals surface area (Å²) in [6.07, 6.45) is 0. The van der Waals surface area contributed by atoms with Crippen LogP contribution in [0.2, 0.25) is 5.02 Å². The lowest BCUT2D eigenvalue weighted by atomic mass is 9.94. The zero-order chi connectivity index (χ0) is 10.9. The van der Waals surface area contributed by atoms with Crippen molar-refractivity contribution in [1.82, 2.24) is 0 Å². The molecular formula is C11H15ClO2. The Morgan fingerprint density at radius 1 is 1.43 bits per heavy atom. The molecule has 0 amide bonds. The van der Waals surface area contributed by atoms with E-state index in [4.69, 9.17) is 16.7 Å². The molecule has 0 heterocycles. The lowest BCUT2D eigenvalue weighted by Gasteiger charge is -2.16. The highest BCUT2D eigenvalue weighted by Gasteiger charge is 2.16. The number of aryl methyl sites for hydroxylation is 1. The van der Waals surface area contributed by atoms with E-state index in [-0.39, 0.29) is 18.3 Å². The smallest absolute Gasteiger partial charge is 0.122 e. The number of phenolic OH excluding ortho intramolecular Hbond substituents is 1. The maximum absolute atomic E-state index is 9.83. The lowest BCUT2D eigenvalue weighted by molar-refractivity contribution is 0.270. The van der Waals surface area contributed by atoms with Gasteiger partial charge in [-0.3, -0.25) is 0 Å². The van der Waals surface area contributed by atoms with Crippen LogP contribution in [0.1, 0.15) is 29.5 Å². The lowest BCUT2D eigenvalue weighted by Crippen LogP contribution is -2.03. The molecule has 1 unspecified atom stereocenters. The van der Waals surface area contributed by atoms with Crippen LogP contribution in [0.5, 0.6) is 5.75 Å². The second kappa shape index (κ2) is 4.20. The van der Waals surface area contributed by atoms with E-state index in [0.717, 1.165) is 16.7 Å². The largest absolute Gasteiger partial charge is 0.507 e. The van der Waals surface area contributed by atoms with E-state index in [1.807, 2.05) is 13.8 Å². The van der Waals surface area contributed by atoms with Gasteiger partial charge in [0.1, 0.15) is 5.75 Å². The average Bonchev–Trinajstić information content (AvgIpc) is 2.15. The van der Waals surface area contributed by atoms with Crippen molar-refractivity contribution in [3.8, 4) is 5.75 Å². The van der Waals surface area contributed by atoms with Crippen LogP contribution in [-0.2, 0) is 0 Å². The van der Waals surface area contributed by atoms with Gasteiger partial charge in [-0.2, -0.15) is 0 Å². The summed E-state index contributed by atoms with van der Waals surface area (Å²) >= 11 is 6.00. The minimum Gasteiger partial charge on any atom is -0.507 e. The Kier molecular flexibility index (Phi) is 3.40. The zero-order valence-corrected chi connectivity index (χ0v) is 9.39. The summed E-state index contributed by atoms with van der Waals surface area (Å²) in [5.74, 6) is 0.154. The van der Waals surface area contributed by atoms with Gasteiger partial charge in [-0.15, -0.1) is 0 Å². The van der Waals surface area contributed by atoms with Crippen LogP contribution >= 0.6 is 11.6 Å². The SMILES string of the molecule is Cc1cc(Cl)c(C)c(C(C)CO)c1O. The highest BCUT2D eigenvalue weighted by Crippen LogP contribution is 2.35. The molecule has 0 radical (unpaired) electrons. The van der Waals surface area contributed by atoms with E-state index in [0.29, 0.717) is 5.02 Å². The summed E-state index contributed by atoms with van der Waals surface area (Å²) in [6, 6.07) is 1.74. The van der Waals surface area contributed by atoms with E-state index in [1.165, 1.54) is 0 Å². The number of phenols is 1. The molecule has 0 spiro atoms. The van der Waals surface area contributed by atoms with Crippen LogP contribution in [0.15, 0.2) is 6.07 Å². The van der Waals surface area contributed by atoms with Crippen LogP contribution in [-0.4, -0.2) is 16.8 Å². The summed E-state index contributed by atoms with van der Waals surface area (Å²) in [5, 5.41) is 19.5. The summed E-state index contributed by atoms with van der Waals surface area (Å²) < 4.78 is 0. The third kappa shape index (κ3) is 1.86. The number of halogens is 1. The van der Waals surface area contributed by atoms with E-state index in [9.17, 15) is 5.11 Å². The minimum absolute atomic E-state index is 0.00812. The summed E-state index contributed by atoms with van der Waals surface area (Å²) in [7, 11) is 0. The molecule has 0 aliphatic carbocycles. The molecule has 3 heteroatoms. The van der Waals surface area contributed by atoms with Gasteiger partial charge in [-0.05, 0) is 31.0 Å². The van der Waals surface area contributed by atoms with Crippen molar-refractivity contribution in [2.45, 2.75) is 26.7 Å². The van der Waals surface area contributed by atoms with Gasteiger partial charge in [-0.25, -0.2) is 0 Å². The highest BCUT2D eigenvalue weighted by atomic mass is 35.5. The van der Waals surface area contributed by atoms with E-state index in [1.54, 1.807) is 13.0 Å². The van der Waals surface area contributed by atoms with E-state index >= 15 is 0 Å². The number of rotatable bonds is 2. The Labute approximate surface area is 89.1 Å². The van der Waals surface area contributed by atoms with E-state index < -0.39 is 0 Å². The van der Waals surface area contributed by atoms with Gasteiger partial charge in [0.15, 0.2) is 0 Å². The number of hydrogen-bond acceptors (Lipinski definition) is 2. The van der Waals surface area contributed by atoms with Gasteiger partial charge in [0.05, 0.1) is 0 Å². The van der Waals surface area contributed by atoms with Gasteiger partial charge >= 0.3 is 0 Å². The predicted octanol–water partition coefficient (Wildman–Crippen LogP) is 2.76. The van der Waals surface area contributed by atoms with Crippen molar-refractivity contribution < 1.29 is 10.2 Å². The van der Waals surface area contributed by atoms with Crippen molar-refractivity contribution in [3.05, 3.63) is 27.8 Å². The average molecular weight is 215 g/mol. The van der Waals surface area contributed by atoms with Crippen LogP contribution in [0, 0.1) is 13.8 Å². The third-order valence-electron chi connectivity index (χ3n) is 2.50. The first-order valence-corrected chi connectivity index (χ1v) is 4.96. The Morgan fingerprint density at radius 2 is 2.00 bits per heavy atom. The van der Waals surface area contributed by atoms with Gasteiger partial charge in [-0.1, -0.05) is 18.5 Å². The maximum Gasteiger partial charge on any atom is 0.122 e. The van der Waals surface area contributed by atoms with Crippen molar-refractivity contribution in [3.63, 3.8) is 0 Å². The minimum atomic E-state index is -0.0904. The molecular weight excluding hydrogens is 200 g/mol. The number of aliphatic hydroxyl groups excluding tert-OH is 1. The summed E-state index contributed by atoms with van der Waals surface area (Å²) in [5.41, 5.74) is 2.34. The molecule has 1 aromatic carbocycles. The number of benzene rings is 1. The molecule has 0 fully saturated rings. The Morgan fingerprint density at radius 3 is 2.50 bits per heavy atom. The summed E-state index contributed by atoms with van der Waals surface area (Å²) in [4.78, 5) is 0. The van der Waals surface area contributed by atoms with Crippen LogP contribution in [0.3, 0.4) is 0 Å². The molecule has 0 aromatic heterocycles. The fourth-order valence-corrected chi connectivity index (χ4v) is 1.85. The summed E-state index contributed by atoms with van der Waals surface area (Å²) in [6.45, 7) is 5.52. The molecule has 14 heavy (non-hydrogen) atoms. The quantitative estimate of drug-likeness (QED) is 0.795. The topological polar surface area (TPSA) is 40.5 Å². The standard InChI is InChI=1S/C11H15ClO2/c1-6-4-9(12)8(3)10(11(6)14)7(2)5-13/h4,7,13-14H,5H2,1-3H3. The van der Waals surface area contributed by atoms with Crippen molar-refractivity contribution in [1.29, 1.82) is 0 Å². The third-order valence-corrected chi connectivity index (χ3v) is 2.89. The molecule has 0 aliphatic heterocycles. The maximum atomic E-state index is 9.83. The molecule has 78 valence electrons. The monoisotopic (exact) mass is 214 g/mol. The Hall–Kier alpha value is -0.730. The molecule has 0 saturated carbocycles. The number of hydrogen-bond donors (Lipinski definition) is 2. The van der Waals surface area contributed by atoms with Crippen LogP contribution < -0.4 is 0 Å². The van der Waals surface area contributed by atoms with Crippen molar-refractivity contribution in [2.75, 3.05) is 6.61 Å². The molecule has 2 nitrogen and oxygen atoms in total. The second-order valence-corrected chi connectivity index (χ2v) is 4.05.